The molecule has 0 aromatic carbocycles. The average molecular weight is 254 g/mol. The third-order valence-electron chi connectivity index (χ3n) is 5.28. The molecule has 18 heavy (non-hydrogen) atoms. The Morgan fingerprint density at radius 1 is 1.06 bits per heavy atom. The summed E-state index contributed by atoms with van der Waals surface area (Å²) in [5, 5.41) is 20.0. The molecule has 2 saturated carbocycles. The summed E-state index contributed by atoms with van der Waals surface area (Å²) in [4.78, 5) is 11.8. The van der Waals surface area contributed by atoms with Crippen molar-refractivity contribution in [1.82, 2.24) is 0 Å². The van der Waals surface area contributed by atoms with Crippen molar-refractivity contribution in [1.29, 1.82) is 0 Å². The van der Waals surface area contributed by atoms with Crippen molar-refractivity contribution < 1.29 is 15.0 Å². The van der Waals surface area contributed by atoms with E-state index in [-0.39, 0.29) is 5.92 Å². The standard InChI is InChI=1S/C15H26O3/c1-11-7-9-15(10-8-11,14(17)18)12-5-3-2-4-6-13(12)16/h11-13,16H,2-10H2,1H3,(H,17,18). The van der Waals surface area contributed by atoms with Gasteiger partial charge in [0.15, 0.2) is 0 Å². The highest BCUT2D eigenvalue weighted by atomic mass is 16.4. The number of carboxylic acids is 1. The number of aliphatic hydroxyl groups excluding tert-OH is 1. The van der Waals surface area contributed by atoms with Crippen LogP contribution in [0.4, 0.5) is 0 Å². The Morgan fingerprint density at radius 3 is 2.28 bits per heavy atom. The molecule has 0 amide bonds. The lowest BCUT2D eigenvalue weighted by molar-refractivity contribution is -0.160. The molecule has 0 heterocycles. The van der Waals surface area contributed by atoms with E-state index in [1.54, 1.807) is 0 Å². The molecule has 2 unspecified atom stereocenters. The van der Waals surface area contributed by atoms with Crippen LogP contribution in [-0.4, -0.2) is 22.3 Å². The molecule has 0 aromatic rings. The van der Waals surface area contributed by atoms with Crippen molar-refractivity contribution in [3.8, 4) is 0 Å². The number of carboxylic acid groups (broad SMARTS) is 1. The highest BCUT2D eigenvalue weighted by Gasteiger charge is 2.49. The maximum atomic E-state index is 11.8. The summed E-state index contributed by atoms with van der Waals surface area (Å²) in [5.74, 6) is -0.0502. The van der Waals surface area contributed by atoms with Crippen LogP contribution >= 0.6 is 0 Å². The van der Waals surface area contributed by atoms with Gasteiger partial charge >= 0.3 is 5.97 Å². The second-order valence-electron chi connectivity index (χ2n) is 6.46. The summed E-state index contributed by atoms with van der Waals surface area (Å²) in [6, 6.07) is 0. The van der Waals surface area contributed by atoms with Gasteiger partial charge in [0.2, 0.25) is 0 Å². The molecular weight excluding hydrogens is 228 g/mol. The van der Waals surface area contributed by atoms with Crippen molar-refractivity contribution in [2.75, 3.05) is 0 Å². The number of aliphatic carboxylic acids is 1. The van der Waals surface area contributed by atoms with Gasteiger partial charge in [0.1, 0.15) is 0 Å². The monoisotopic (exact) mass is 254 g/mol. The zero-order valence-corrected chi connectivity index (χ0v) is 11.4. The summed E-state index contributed by atoms with van der Waals surface area (Å²) in [6.45, 7) is 2.20. The molecule has 0 bridgehead atoms. The lowest BCUT2D eigenvalue weighted by Crippen LogP contribution is -2.46. The van der Waals surface area contributed by atoms with E-state index < -0.39 is 17.5 Å². The van der Waals surface area contributed by atoms with Crippen LogP contribution in [0.3, 0.4) is 0 Å². The molecule has 0 aromatic heterocycles. The van der Waals surface area contributed by atoms with E-state index in [4.69, 9.17) is 0 Å². The van der Waals surface area contributed by atoms with E-state index in [9.17, 15) is 15.0 Å². The van der Waals surface area contributed by atoms with Crippen molar-refractivity contribution in [3.63, 3.8) is 0 Å². The average Bonchev–Trinajstić information content (AvgIpc) is 2.55. The molecule has 2 fully saturated rings. The van der Waals surface area contributed by atoms with E-state index in [1.807, 2.05) is 0 Å². The number of hydrogen-bond acceptors (Lipinski definition) is 2. The molecule has 3 nitrogen and oxygen atoms in total. The molecule has 0 saturated heterocycles. The molecular formula is C15H26O3. The van der Waals surface area contributed by atoms with Crippen LogP contribution in [0.2, 0.25) is 0 Å². The Labute approximate surface area is 110 Å². The Balaban J connectivity index is 2.20. The van der Waals surface area contributed by atoms with Gasteiger partial charge in [0.25, 0.3) is 0 Å². The SMILES string of the molecule is CC1CCC(C(=O)O)(C2CCCCCC2O)CC1. The zero-order valence-electron chi connectivity index (χ0n) is 11.4. The minimum absolute atomic E-state index is 0.0231. The molecule has 3 heteroatoms. The molecule has 2 atom stereocenters. The van der Waals surface area contributed by atoms with Crippen molar-refractivity contribution in [2.45, 2.75) is 70.8 Å². The van der Waals surface area contributed by atoms with E-state index in [2.05, 4.69) is 6.92 Å². The predicted molar refractivity (Wildman–Crippen MR) is 70.3 cm³/mol. The molecule has 0 aliphatic heterocycles. The maximum Gasteiger partial charge on any atom is 0.310 e. The smallest absolute Gasteiger partial charge is 0.310 e. The van der Waals surface area contributed by atoms with Crippen molar-refractivity contribution in [2.24, 2.45) is 17.3 Å². The van der Waals surface area contributed by atoms with Gasteiger partial charge in [0, 0.05) is 5.92 Å². The van der Waals surface area contributed by atoms with Gasteiger partial charge in [0.05, 0.1) is 11.5 Å². The molecule has 2 aliphatic rings. The molecule has 2 aliphatic carbocycles. The summed E-state index contributed by atoms with van der Waals surface area (Å²) >= 11 is 0. The van der Waals surface area contributed by atoms with Gasteiger partial charge in [-0.3, -0.25) is 4.79 Å². The maximum absolute atomic E-state index is 11.8. The van der Waals surface area contributed by atoms with Crippen molar-refractivity contribution in [3.05, 3.63) is 0 Å². The third kappa shape index (κ3) is 2.56. The Bertz CT molecular complexity index is 292. The first-order chi connectivity index (χ1) is 8.56. The quantitative estimate of drug-likeness (QED) is 0.744. The second-order valence-corrected chi connectivity index (χ2v) is 6.46. The van der Waals surface area contributed by atoms with Gasteiger partial charge < -0.3 is 10.2 Å². The van der Waals surface area contributed by atoms with E-state index >= 15 is 0 Å². The fraction of sp³-hybridized carbons (Fsp3) is 0.933. The fourth-order valence-corrected chi connectivity index (χ4v) is 3.95. The summed E-state index contributed by atoms with van der Waals surface area (Å²) in [6.07, 6.45) is 8.03. The van der Waals surface area contributed by atoms with Gasteiger partial charge in [-0.25, -0.2) is 0 Å². The van der Waals surface area contributed by atoms with Crippen LogP contribution in [0, 0.1) is 17.3 Å². The molecule has 0 radical (unpaired) electrons. The summed E-state index contributed by atoms with van der Waals surface area (Å²) < 4.78 is 0. The first-order valence-corrected chi connectivity index (χ1v) is 7.48. The lowest BCUT2D eigenvalue weighted by atomic mass is 9.61. The first kappa shape index (κ1) is 13.9. The van der Waals surface area contributed by atoms with E-state index in [0.29, 0.717) is 5.92 Å². The van der Waals surface area contributed by atoms with E-state index in [0.717, 1.165) is 57.8 Å². The van der Waals surface area contributed by atoms with Gasteiger partial charge in [-0.2, -0.15) is 0 Å². The lowest BCUT2D eigenvalue weighted by Gasteiger charge is -2.43. The largest absolute Gasteiger partial charge is 0.481 e. The summed E-state index contributed by atoms with van der Waals surface area (Å²) in [7, 11) is 0. The predicted octanol–water partition coefficient (Wildman–Crippen LogP) is 3.21. The number of rotatable bonds is 2. The Kier molecular flexibility index (Phi) is 4.31. The van der Waals surface area contributed by atoms with Gasteiger partial charge in [-0.15, -0.1) is 0 Å². The number of hydrogen-bond donors (Lipinski definition) is 2. The number of aliphatic hydroxyl groups is 1. The third-order valence-corrected chi connectivity index (χ3v) is 5.28. The molecule has 2 N–H and O–H groups in total. The summed E-state index contributed by atoms with van der Waals surface area (Å²) in [5.41, 5.74) is -0.643. The highest BCUT2D eigenvalue weighted by molar-refractivity contribution is 5.75. The van der Waals surface area contributed by atoms with Gasteiger partial charge in [-0.1, -0.05) is 26.2 Å². The first-order valence-electron chi connectivity index (χ1n) is 7.48. The molecule has 2 rings (SSSR count). The zero-order chi connectivity index (χ0) is 13.2. The van der Waals surface area contributed by atoms with Crippen LogP contribution in [0.25, 0.3) is 0 Å². The van der Waals surface area contributed by atoms with Gasteiger partial charge in [-0.05, 0) is 44.4 Å². The minimum Gasteiger partial charge on any atom is -0.481 e. The topological polar surface area (TPSA) is 57.5 Å². The van der Waals surface area contributed by atoms with Crippen LogP contribution in [0.15, 0.2) is 0 Å². The van der Waals surface area contributed by atoms with Crippen molar-refractivity contribution >= 4 is 5.97 Å². The number of carbonyl (C=O) groups is 1. The molecule has 104 valence electrons. The van der Waals surface area contributed by atoms with Crippen LogP contribution in [0.5, 0.6) is 0 Å². The Hall–Kier alpha value is -0.570. The van der Waals surface area contributed by atoms with Crippen LogP contribution in [0.1, 0.15) is 64.7 Å². The van der Waals surface area contributed by atoms with Crippen LogP contribution in [-0.2, 0) is 4.79 Å². The second kappa shape index (κ2) is 5.60. The fourth-order valence-electron chi connectivity index (χ4n) is 3.95. The molecule has 0 spiro atoms. The van der Waals surface area contributed by atoms with E-state index in [1.165, 1.54) is 0 Å². The Morgan fingerprint density at radius 2 is 1.67 bits per heavy atom. The van der Waals surface area contributed by atoms with Crippen LogP contribution < -0.4 is 0 Å². The highest BCUT2D eigenvalue weighted by Crippen LogP contribution is 2.49. The normalized spacial score (nSPS) is 42.2. The minimum atomic E-state index is -0.666.